The van der Waals surface area contributed by atoms with Crippen molar-refractivity contribution < 1.29 is 4.79 Å². The van der Waals surface area contributed by atoms with Crippen molar-refractivity contribution >= 4 is 51.9 Å². The van der Waals surface area contributed by atoms with Gasteiger partial charge in [0.15, 0.2) is 0 Å². The van der Waals surface area contributed by atoms with Crippen molar-refractivity contribution in [2.24, 2.45) is 0 Å². The van der Waals surface area contributed by atoms with Crippen molar-refractivity contribution in [3.63, 3.8) is 0 Å². The first-order valence-corrected chi connectivity index (χ1v) is 11.6. The number of carbonyl (C=O) groups excluding carboxylic acids is 1. The van der Waals surface area contributed by atoms with Gasteiger partial charge in [0.2, 0.25) is 0 Å². The van der Waals surface area contributed by atoms with Crippen LogP contribution in [0.15, 0.2) is 47.2 Å². The second kappa shape index (κ2) is 8.43. The molecule has 1 aromatic carbocycles. The Kier molecular flexibility index (Phi) is 5.77. The van der Waals surface area contributed by atoms with Gasteiger partial charge in [0.25, 0.3) is 5.91 Å². The van der Waals surface area contributed by atoms with E-state index in [1.807, 2.05) is 41.1 Å². The first-order valence-electron chi connectivity index (χ1n) is 8.68. The molecule has 0 spiro atoms. The number of thiophene rings is 1. The van der Waals surface area contributed by atoms with Gasteiger partial charge in [-0.25, -0.2) is 9.29 Å². The summed E-state index contributed by atoms with van der Waals surface area (Å²) >= 11 is 4.92. The van der Waals surface area contributed by atoms with Crippen LogP contribution < -0.4 is 10.2 Å². The third-order valence-corrected chi connectivity index (χ3v) is 7.22. The van der Waals surface area contributed by atoms with Gasteiger partial charge < -0.3 is 10.2 Å². The van der Waals surface area contributed by atoms with Gasteiger partial charge in [0, 0.05) is 31.6 Å². The number of hydrogen-bond acceptors (Lipinski definition) is 7. The van der Waals surface area contributed by atoms with E-state index in [4.69, 9.17) is 0 Å². The molecule has 140 valence electrons. The van der Waals surface area contributed by atoms with Crippen molar-refractivity contribution in [3.8, 4) is 9.88 Å². The predicted octanol–water partition coefficient (Wildman–Crippen LogP) is 4.52. The fourth-order valence-corrected chi connectivity index (χ4v) is 5.19. The smallest absolute Gasteiger partial charge is 0.275 e. The SMILES string of the molecule is CSN1CCN(c2ccccc2NC(=O)c2csc(-c3cccs3)n2)CC1. The van der Waals surface area contributed by atoms with Crippen LogP contribution in [0.25, 0.3) is 9.88 Å². The minimum Gasteiger partial charge on any atom is -0.367 e. The van der Waals surface area contributed by atoms with E-state index in [-0.39, 0.29) is 5.91 Å². The van der Waals surface area contributed by atoms with E-state index in [1.54, 1.807) is 23.3 Å². The molecule has 0 aliphatic carbocycles. The largest absolute Gasteiger partial charge is 0.367 e. The van der Waals surface area contributed by atoms with Gasteiger partial charge in [-0.05, 0) is 29.8 Å². The maximum absolute atomic E-state index is 12.7. The summed E-state index contributed by atoms with van der Waals surface area (Å²) in [4.78, 5) is 20.7. The highest BCUT2D eigenvalue weighted by atomic mass is 32.2. The van der Waals surface area contributed by atoms with E-state index >= 15 is 0 Å². The summed E-state index contributed by atoms with van der Waals surface area (Å²) in [6.07, 6.45) is 2.11. The minimum absolute atomic E-state index is 0.163. The summed E-state index contributed by atoms with van der Waals surface area (Å²) in [5, 5.41) is 7.78. The number of amides is 1. The van der Waals surface area contributed by atoms with Crippen molar-refractivity contribution in [2.75, 3.05) is 42.7 Å². The van der Waals surface area contributed by atoms with E-state index < -0.39 is 0 Å². The standard InChI is InChI=1S/C19H20N4OS3/c1-25-23-10-8-22(9-11-23)16-6-3-2-5-14(16)20-18(24)15-13-27-19(21-15)17-7-4-12-26-17/h2-7,12-13H,8-11H2,1H3,(H,20,24). The number of thiazole rings is 1. The molecule has 1 aliphatic heterocycles. The lowest BCUT2D eigenvalue weighted by molar-refractivity contribution is 0.102. The van der Waals surface area contributed by atoms with Gasteiger partial charge in [-0.3, -0.25) is 4.79 Å². The van der Waals surface area contributed by atoms with E-state index in [0.717, 1.165) is 47.4 Å². The molecule has 4 rings (SSSR count). The molecule has 27 heavy (non-hydrogen) atoms. The molecule has 3 aromatic rings. The Balaban J connectivity index is 1.49. The molecule has 0 radical (unpaired) electrons. The topological polar surface area (TPSA) is 48.5 Å². The van der Waals surface area contributed by atoms with Gasteiger partial charge in [-0.15, -0.1) is 22.7 Å². The summed E-state index contributed by atoms with van der Waals surface area (Å²) in [7, 11) is 0. The highest BCUT2D eigenvalue weighted by Crippen LogP contribution is 2.30. The summed E-state index contributed by atoms with van der Waals surface area (Å²) in [5.41, 5.74) is 2.37. The minimum atomic E-state index is -0.163. The number of anilines is 2. The number of benzene rings is 1. The highest BCUT2D eigenvalue weighted by Gasteiger charge is 2.20. The van der Waals surface area contributed by atoms with E-state index in [2.05, 4.69) is 31.8 Å². The predicted molar refractivity (Wildman–Crippen MR) is 117 cm³/mol. The Morgan fingerprint density at radius 1 is 1.11 bits per heavy atom. The quantitative estimate of drug-likeness (QED) is 0.620. The Hall–Kier alpha value is -1.87. The molecule has 0 saturated carbocycles. The molecule has 0 unspecified atom stereocenters. The Labute approximate surface area is 171 Å². The maximum Gasteiger partial charge on any atom is 0.275 e. The molecule has 0 bridgehead atoms. The zero-order valence-corrected chi connectivity index (χ0v) is 17.4. The number of aromatic nitrogens is 1. The molecule has 5 nitrogen and oxygen atoms in total. The zero-order chi connectivity index (χ0) is 18.6. The van der Waals surface area contributed by atoms with Gasteiger partial charge in [-0.1, -0.05) is 30.1 Å². The zero-order valence-electron chi connectivity index (χ0n) is 14.9. The lowest BCUT2D eigenvalue weighted by Gasteiger charge is -2.35. The highest BCUT2D eigenvalue weighted by molar-refractivity contribution is 7.96. The lowest BCUT2D eigenvalue weighted by atomic mass is 10.2. The summed E-state index contributed by atoms with van der Waals surface area (Å²) in [6.45, 7) is 3.93. The number of rotatable bonds is 5. The second-order valence-corrected chi connectivity index (χ2v) is 8.77. The van der Waals surface area contributed by atoms with Crippen LogP contribution in [0.5, 0.6) is 0 Å². The first-order chi connectivity index (χ1) is 13.2. The second-order valence-electron chi connectivity index (χ2n) is 6.09. The van der Waals surface area contributed by atoms with Crippen molar-refractivity contribution in [1.29, 1.82) is 0 Å². The Morgan fingerprint density at radius 3 is 2.67 bits per heavy atom. The molecule has 0 atom stereocenters. The molecule has 1 aliphatic rings. The molecule has 1 amide bonds. The van der Waals surface area contributed by atoms with Crippen LogP contribution >= 0.6 is 34.6 Å². The van der Waals surface area contributed by atoms with Crippen LogP contribution in [0.1, 0.15) is 10.5 Å². The number of nitrogens with zero attached hydrogens (tertiary/aromatic N) is 3. The van der Waals surface area contributed by atoms with Gasteiger partial charge in [0.05, 0.1) is 16.3 Å². The fraction of sp³-hybridized carbons (Fsp3) is 0.263. The summed E-state index contributed by atoms with van der Waals surface area (Å²) in [5.74, 6) is -0.163. The van der Waals surface area contributed by atoms with Gasteiger partial charge in [0.1, 0.15) is 10.7 Å². The van der Waals surface area contributed by atoms with Crippen molar-refractivity contribution in [3.05, 3.63) is 52.9 Å². The fourth-order valence-electron chi connectivity index (χ4n) is 3.04. The lowest BCUT2D eigenvalue weighted by Crippen LogP contribution is -2.43. The van der Waals surface area contributed by atoms with Crippen LogP contribution in [-0.2, 0) is 0 Å². The van der Waals surface area contributed by atoms with Crippen LogP contribution in [-0.4, -0.2) is 47.6 Å². The summed E-state index contributed by atoms with van der Waals surface area (Å²) in [6, 6.07) is 12.0. The summed E-state index contributed by atoms with van der Waals surface area (Å²) < 4.78 is 2.36. The van der Waals surface area contributed by atoms with Crippen LogP contribution in [0.3, 0.4) is 0 Å². The number of para-hydroxylation sites is 2. The average Bonchev–Trinajstić information content (AvgIpc) is 3.40. The molecule has 3 heterocycles. The molecular formula is C19H20N4OS3. The number of piperazine rings is 1. The molecule has 8 heteroatoms. The third kappa shape index (κ3) is 4.19. The molecule has 2 aromatic heterocycles. The van der Waals surface area contributed by atoms with Crippen LogP contribution in [0.4, 0.5) is 11.4 Å². The van der Waals surface area contributed by atoms with E-state index in [9.17, 15) is 4.79 Å². The monoisotopic (exact) mass is 416 g/mol. The maximum atomic E-state index is 12.7. The Morgan fingerprint density at radius 2 is 1.93 bits per heavy atom. The van der Waals surface area contributed by atoms with Crippen molar-refractivity contribution in [1.82, 2.24) is 9.29 Å². The van der Waals surface area contributed by atoms with E-state index in [1.165, 1.54) is 11.3 Å². The number of hydrogen-bond donors (Lipinski definition) is 1. The van der Waals surface area contributed by atoms with E-state index in [0.29, 0.717) is 5.69 Å². The van der Waals surface area contributed by atoms with Crippen LogP contribution in [0.2, 0.25) is 0 Å². The normalized spacial score (nSPS) is 15.1. The first kappa shape index (κ1) is 18.5. The Bertz CT molecular complexity index is 901. The van der Waals surface area contributed by atoms with Crippen LogP contribution in [0, 0.1) is 0 Å². The van der Waals surface area contributed by atoms with Crippen molar-refractivity contribution in [2.45, 2.75) is 0 Å². The molecule has 1 N–H and O–H groups in total. The molecule has 1 saturated heterocycles. The molecule has 1 fully saturated rings. The van der Waals surface area contributed by atoms with Gasteiger partial charge in [-0.2, -0.15) is 0 Å². The third-order valence-electron chi connectivity index (χ3n) is 4.46. The van der Waals surface area contributed by atoms with Gasteiger partial charge >= 0.3 is 0 Å². The molecular weight excluding hydrogens is 396 g/mol. The number of nitrogens with one attached hydrogen (secondary N) is 1. The number of carbonyl (C=O) groups is 1. The average molecular weight is 417 g/mol.